The molecule has 0 amide bonds. The van der Waals surface area contributed by atoms with E-state index in [2.05, 4.69) is 10.0 Å². The van der Waals surface area contributed by atoms with Gasteiger partial charge in [0.2, 0.25) is 0 Å². The zero-order valence-corrected chi connectivity index (χ0v) is 9.05. The van der Waals surface area contributed by atoms with Crippen molar-refractivity contribution in [2.45, 2.75) is 0 Å². The number of azide groups is 1. The summed E-state index contributed by atoms with van der Waals surface area (Å²) in [6, 6.07) is 3.43. The fourth-order valence-corrected chi connectivity index (χ4v) is 1.26. The van der Waals surface area contributed by atoms with Crippen LogP contribution in [0.4, 0.5) is 5.69 Å². The van der Waals surface area contributed by atoms with Crippen LogP contribution in [-0.4, -0.2) is 22.5 Å². The first kappa shape index (κ1) is 13.2. The number of benzene rings is 1. The number of nitro groups is 1. The van der Waals surface area contributed by atoms with Gasteiger partial charge in [0, 0.05) is 23.6 Å². The first-order valence-corrected chi connectivity index (χ1v) is 4.75. The van der Waals surface area contributed by atoms with Crippen LogP contribution in [0.1, 0.15) is 15.9 Å². The van der Waals surface area contributed by atoms with Crippen molar-refractivity contribution in [2.75, 3.05) is 6.54 Å². The SMILES string of the molecule is [N-]=[N+]=NCC=Cc1cc([N+](=O)[O-])ccc1C(=O)O. The molecule has 0 bridgehead atoms. The van der Waals surface area contributed by atoms with Gasteiger partial charge in [0.05, 0.1) is 10.5 Å². The molecule has 0 aromatic heterocycles. The fourth-order valence-electron chi connectivity index (χ4n) is 1.26. The number of hydrogen-bond donors (Lipinski definition) is 1. The van der Waals surface area contributed by atoms with Gasteiger partial charge in [-0.2, -0.15) is 0 Å². The number of aromatic carboxylic acids is 1. The molecule has 0 atom stereocenters. The Morgan fingerprint density at radius 3 is 2.89 bits per heavy atom. The minimum Gasteiger partial charge on any atom is -0.478 e. The largest absolute Gasteiger partial charge is 0.478 e. The standard InChI is InChI=1S/C10H8N4O4/c11-13-12-5-1-2-7-6-8(14(17)18)3-4-9(7)10(15)16/h1-4,6H,5H2,(H,15,16). The Kier molecular flexibility index (Phi) is 4.42. The molecule has 0 unspecified atom stereocenters. The summed E-state index contributed by atoms with van der Waals surface area (Å²) >= 11 is 0. The van der Waals surface area contributed by atoms with E-state index in [-0.39, 0.29) is 23.4 Å². The summed E-state index contributed by atoms with van der Waals surface area (Å²) in [4.78, 5) is 23.4. The Morgan fingerprint density at radius 1 is 1.61 bits per heavy atom. The molecule has 0 aliphatic heterocycles. The molecule has 18 heavy (non-hydrogen) atoms. The highest BCUT2D eigenvalue weighted by molar-refractivity contribution is 5.92. The van der Waals surface area contributed by atoms with Gasteiger partial charge in [-0.3, -0.25) is 10.1 Å². The van der Waals surface area contributed by atoms with Gasteiger partial charge in [0.25, 0.3) is 5.69 Å². The third-order valence-corrected chi connectivity index (χ3v) is 2.02. The highest BCUT2D eigenvalue weighted by Crippen LogP contribution is 2.19. The number of nitro benzene ring substituents is 1. The van der Waals surface area contributed by atoms with E-state index in [1.165, 1.54) is 12.2 Å². The van der Waals surface area contributed by atoms with Crippen molar-refractivity contribution >= 4 is 17.7 Å². The number of carboxylic acid groups (broad SMARTS) is 1. The molecule has 0 aliphatic rings. The van der Waals surface area contributed by atoms with Crippen molar-refractivity contribution in [2.24, 2.45) is 5.11 Å². The fraction of sp³-hybridized carbons (Fsp3) is 0.100. The summed E-state index contributed by atoms with van der Waals surface area (Å²) < 4.78 is 0. The normalized spacial score (nSPS) is 10.0. The van der Waals surface area contributed by atoms with Crippen LogP contribution in [-0.2, 0) is 0 Å². The van der Waals surface area contributed by atoms with Gasteiger partial charge in [-0.05, 0) is 17.2 Å². The van der Waals surface area contributed by atoms with Gasteiger partial charge in [0.15, 0.2) is 0 Å². The molecule has 1 N–H and O–H groups in total. The molecular weight excluding hydrogens is 240 g/mol. The number of hydrogen-bond acceptors (Lipinski definition) is 4. The Morgan fingerprint density at radius 2 is 2.33 bits per heavy atom. The summed E-state index contributed by atoms with van der Waals surface area (Å²) in [5.41, 5.74) is 7.99. The molecule has 1 rings (SSSR count). The minimum absolute atomic E-state index is 0.0399. The Labute approximate surface area is 101 Å². The van der Waals surface area contributed by atoms with E-state index < -0.39 is 10.9 Å². The lowest BCUT2D eigenvalue weighted by Crippen LogP contribution is -2.00. The molecule has 8 heteroatoms. The monoisotopic (exact) mass is 248 g/mol. The zero-order chi connectivity index (χ0) is 13.5. The molecular formula is C10H8N4O4. The first-order chi connectivity index (χ1) is 8.56. The zero-order valence-electron chi connectivity index (χ0n) is 9.05. The van der Waals surface area contributed by atoms with Crippen molar-refractivity contribution in [3.05, 3.63) is 56.0 Å². The van der Waals surface area contributed by atoms with Gasteiger partial charge < -0.3 is 5.11 Å². The quantitative estimate of drug-likeness (QED) is 0.282. The minimum atomic E-state index is -1.19. The highest BCUT2D eigenvalue weighted by Gasteiger charge is 2.13. The number of rotatable bonds is 5. The van der Waals surface area contributed by atoms with E-state index >= 15 is 0 Å². The molecule has 0 spiro atoms. The van der Waals surface area contributed by atoms with Crippen LogP contribution in [0.5, 0.6) is 0 Å². The predicted molar refractivity (Wildman–Crippen MR) is 63.1 cm³/mol. The van der Waals surface area contributed by atoms with Crippen LogP contribution in [0, 0.1) is 10.1 Å². The van der Waals surface area contributed by atoms with Crippen molar-refractivity contribution in [3.8, 4) is 0 Å². The third kappa shape index (κ3) is 3.32. The Hall–Kier alpha value is -2.86. The first-order valence-electron chi connectivity index (χ1n) is 4.75. The summed E-state index contributed by atoms with van der Waals surface area (Å²) in [6.07, 6.45) is 2.79. The van der Waals surface area contributed by atoms with Crippen LogP contribution in [0.3, 0.4) is 0 Å². The second kappa shape index (κ2) is 6.02. The van der Waals surface area contributed by atoms with Gasteiger partial charge in [-0.1, -0.05) is 17.3 Å². The van der Waals surface area contributed by atoms with Crippen molar-refractivity contribution in [3.63, 3.8) is 0 Å². The lowest BCUT2D eigenvalue weighted by atomic mass is 10.1. The molecule has 0 heterocycles. The lowest BCUT2D eigenvalue weighted by Gasteiger charge is -2.00. The van der Waals surface area contributed by atoms with Crippen molar-refractivity contribution < 1.29 is 14.8 Å². The highest BCUT2D eigenvalue weighted by atomic mass is 16.6. The molecule has 0 aliphatic carbocycles. The van der Waals surface area contributed by atoms with Gasteiger partial charge in [-0.15, -0.1) is 0 Å². The maximum Gasteiger partial charge on any atom is 0.336 e. The molecule has 92 valence electrons. The average molecular weight is 248 g/mol. The van der Waals surface area contributed by atoms with Crippen LogP contribution < -0.4 is 0 Å². The van der Waals surface area contributed by atoms with Gasteiger partial charge >= 0.3 is 5.97 Å². The summed E-state index contributed by atoms with van der Waals surface area (Å²) in [7, 11) is 0. The Bertz CT molecular complexity index is 561. The van der Waals surface area contributed by atoms with E-state index in [1.54, 1.807) is 0 Å². The maximum absolute atomic E-state index is 10.9. The molecule has 1 aromatic rings. The molecule has 0 saturated carbocycles. The lowest BCUT2D eigenvalue weighted by molar-refractivity contribution is -0.384. The van der Waals surface area contributed by atoms with E-state index in [0.717, 1.165) is 18.2 Å². The topological polar surface area (TPSA) is 129 Å². The summed E-state index contributed by atoms with van der Waals surface area (Å²) in [5.74, 6) is -1.19. The number of carbonyl (C=O) groups is 1. The van der Waals surface area contributed by atoms with Gasteiger partial charge in [0.1, 0.15) is 0 Å². The molecule has 0 fully saturated rings. The summed E-state index contributed by atoms with van der Waals surface area (Å²) in [5, 5.41) is 22.7. The van der Waals surface area contributed by atoms with E-state index in [9.17, 15) is 14.9 Å². The molecule has 8 nitrogen and oxygen atoms in total. The molecule has 0 saturated heterocycles. The average Bonchev–Trinajstić information content (AvgIpc) is 2.34. The van der Waals surface area contributed by atoms with E-state index in [4.69, 9.17) is 10.6 Å². The number of carboxylic acids is 1. The third-order valence-electron chi connectivity index (χ3n) is 2.02. The molecule has 0 radical (unpaired) electrons. The van der Waals surface area contributed by atoms with Crippen molar-refractivity contribution in [1.29, 1.82) is 0 Å². The van der Waals surface area contributed by atoms with Crippen LogP contribution >= 0.6 is 0 Å². The number of nitrogens with zero attached hydrogens (tertiary/aromatic N) is 4. The second-order valence-electron chi connectivity index (χ2n) is 3.15. The van der Waals surface area contributed by atoms with Crippen LogP contribution in [0.15, 0.2) is 29.4 Å². The predicted octanol–water partition coefficient (Wildman–Crippen LogP) is 2.62. The van der Waals surface area contributed by atoms with Crippen molar-refractivity contribution in [1.82, 2.24) is 0 Å². The van der Waals surface area contributed by atoms with E-state index in [1.807, 2.05) is 0 Å². The van der Waals surface area contributed by atoms with Gasteiger partial charge in [-0.25, -0.2) is 4.79 Å². The smallest absolute Gasteiger partial charge is 0.336 e. The summed E-state index contributed by atoms with van der Waals surface area (Å²) in [6.45, 7) is 0.0399. The number of non-ortho nitro benzene ring substituents is 1. The molecule has 1 aromatic carbocycles. The van der Waals surface area contributed by atoms with Crippen LogP contribution in [0.2, 0.25) is 0 Å². The maximum atomic E-state index is 10.9. The Balaban J connectivity index is 3.14. The van der Waals surface area contributed by atoms with Crippen LogP contribution in [0.25, 0.3) is 16.5 Å². The second-order valence-corrected chi connectivity index (χ2v) is 3.15. The van der Waals surface area contributed by atoms with E-state index in [0.29, 0.717) is 0 Å².